The molecule has 18 nitrogen and oxygen atoms in total. The number of pyridine rings is 2. The number of hydrogen-bond donors (Lipinski definition) is 4. The van der Waals surface area contributed by atoms with Gasteiger partial charge in [-0.05, 0) is 87.5 Å². The molecule has 4 saturated heterocycles. The molecular formula is C46H54N10O8. The first kappa shape index (κ1) is 42.9. The highest BCUT2D eigenvalue weighted by atomic mass is 16.5. The van der Waals surface area contributed by atoms with Gasteiger partial charge in [0.2, 0.25) is 11.8 Å². The molecule has 4 atom stereocenters. The Labute approximate surface area is 370 Å². The number of benzene rings is 1. The van der Waals surface area contributed by atoms with Crippen LogP contribution in [0.2, 0.25) is 0 Å². The summed E-state index contributed by atoms with van der Waals surface area (Å²) in [6.07, 6.45) is 11.9. The molecule has 8 heterocycles. The van der Waals surface area contributed by atoms with E-state index in [-0.39, 0.29) is 35.7 Å². The summed E-state index contributed by atoms with van der Waals surface area (Å²) in [5.41, 5.74) is 5.72. The zero-order valence-corrected chi connectivity index (χ0v) is 36.1. The number of fused-ring (bicyclic) bond motifs is 1. The van der Waals surface area contributed by atoms with E-state index in [1.54, 1.807) is 18.6 Å². The van der Waals surface area contributed by atoms with Crippen LogP contribution in [-0.4, -0.2) is 130 Å². The predicted octanol–water partition coefficient (Wildman–Crippen LogP) is 5.71. The number of imidazole rings is 2. The minimum absolute atomic E-state index is 0.0404. The van der Waals surface area contributed by atoms with E-state index < -0.39 is 24.3 Å². The maximum Gasteiger partial charge on any atom is 0.407 e. The Morgan fingerprint density at radius 2 is 1.27 bits per heavy atom. The molecule has 4 amide bonds. The fourth-order valence-electron chi connectivity index (χ4n) is 9.67. The molecule has 4 aromatic heterocycles. The molecule has 0 bridgehead atoms. The highest BCUT2D eigenvalue weighted by Crippen LogP contribution is 2.36. The Bertz CT molecular complexity index is 2460. The molecule has 4 aliphatic heterocycles. The third-order valence-electron chi connectivity index (χ3n) is 13.2. The number of alkyl carbamates (subject to hydrolysis) is 2. The van der Waals surface area contributed by atoms with E-state index in [0.29, 0.717) is 76.8 Å². The van der Waals surface area contributed by atoms with Gasteiger partial charge < -0.3 is 49.3 Å². The van der Waals surface area contributed by atoms with Gasteiger partial charge in [0.05, 0.1) is 55.1 Å². The second-order valence-corrected chi connectivity index (χ2v) is 16.9. The average Bonchev–Trinajstić information content (AvgIpc) is 4.20. The number of nitrogens with one attached hydrogen (secondary N) is 4. The molecule has 1 aromatic carbocycles. The summed E-state index contributed by atoms with van der Waals surface area (Å²) in [4.78, 5) is 82.2. The van der Waals surface area contributed by atoms with Crippen LogP contribution in [0.15, 0.2) is 61.2 Å². The normalized spacial score (nSPS) is 20.5. The zero-order valence-electron chi connectivity index (χ0n) is 36.1. The summed E-state index contributed by atoms with van der Waals surface area (Å²) in [5, 5.41) is 6.55. The van der Waals surface area contributed by atoms with Crippen molar-refractivity contribution in [3.63, 3.8) is 0 Å². The van der Waals surface area contributed by atoms with Crippen LogP contribution in [0.4, 0.5) is 9.59 Å². The minimum atomic E-state index is -0.701. The highest BCUT2D eigenvalue weighted by Gasteiger charge is 2.42. The van der Waals surface area contributed by atoms with Crippen molar-refractivity contribution in [1.29, 1.82) is 0 Å². The average molecular weight is 875 g/mol. The van der Waals surface area contributed by atoms with Crippen molar-refractivity contribution in [2.75, 3.05) is 53.7 Å². The van der Waals surface area contributed by atoms with Crippen LogP contribution in [-0.2, 0) is 28.5 Å². The number of H-pyrrole nitrogens is 2. The molecule has 4 N–H and O–H groups in total. The van der Waals surface area contributed by atoms with Crippen molar-refractivity contribution in [2.45, 2.75) is 75.5 Å². The van der Waals surface area contributed by atoms with Gasteiger partial charge in [-0.25, -0.2) is 19.6 Å². The predicted molar refractivity (Wildman–Crippen MR) is 233 cm³/mol. The molecule has 336 valence electrons. The molecule has 0 radical (unpaired) electrons. The standard InChI is InChI=1S/C46H54N10O8/c1-61-45(59)53-39(27-11-17-63-18-12-27)43(57)55-15-3-5-37(55)41-49-25-35(51-41)31-9-10-33(47-23-31)30-8-7-29-21-32(24-48-34(29)22-30)36-26-50-42(52-36)38-6-4-16-56(38)44(58)40(54-46(60)62-2)28-13-19-64-20-14-28/h7-10,21-28,37-40H,3-6,11-20H2,1-2H3,(H,49,51)(H,50,52)(H,53,59)(H,54,60)/t37-,38?,39-,40-/m0/s1. The van der Waals surface area contributed by atoms with Crippen molar-refractivity contribution in [1.82, 2.24) is 50.3 Å². The van der Waals surface area contributed by atoms with E-state index in [4.69, 9.17) is 38.9 Å². The second kappa shape index (κ2) is 19.1. The van der Waals surface area contributed by atoms with E-state index in [2.05, 4.69) is 26.7 Å². The Kier molecular flexibility index (Phi) is 12.8. The highest BCUT2D eigenvalue weighted by molar-refractivity contribution is 5.88. The number of methoxy groups -OCH3 is 2. The van der Waals surface area contributed by atoms with Crippen LogP contribution < -0.4 is 10.6 Å². The smallest absolute Gasteiger partial charge is 0.407 e. The van der Waals surface area contributed by atoms with E-state index in [1.165, 1.54) is 14.2 Å². The summed E-state index contributed by atoms with van der Waals surface area (Å²) < 4.78 is 20.8. The molecular weight excluding hydrogens is 821 g/mol. The lowest BCUT2D eigenvalue weighted by Crippen LogP contribution is -2.53. The first-order chi connectivity index (χ1) is 31.3. The van der Waals surface area contributed by atoms with Crippen LogP contribution in [0.25, 0.3) is 44.7 Å². The van der Waals surface area contributed by atoms with Gasteiger partial charge >= 0.3 is 12.2 Å². The number of hydrogen-bond acceptors (Lipinski definition) is 12. The Morgan fingerprint density at radius 1 is 0.672 bits per heavy atom. The second-order valence-electron chi connectivity index (χ2n) is 16.9. The largest absolute Gasteiger partial charge is 0.453 e. The Balaban J connectivity index is 0.862. The number of nitrogens with zero attached hydrogens (tertiary/aromatic N) is 6. The topological polar surface area (TPSA) is 219 Å². The van der Waals surface area contributed by atoms with Crippen molar-refractivity contribution in [2.24, 2.45) is 11.8 Å². The number of aromatic nitrogens is 6. The van der Waals surface area contributed by atoms with Crippen LogP contribution in [0, 0.1) is 11.8 Å². The van der Waals surface area contributed by atoms with Crippen molar-refractivity contribution in [3.05, 3.63) is 72.8 Å². The molecule has 1 unspecified atom stereocenters. The maximum atomic E-state index is 14.0. The molecule has 0 aliphatic carbocycles. The van der Waals surface area contributed by atoms with Crippen molar-refractivity contribution in [3.8, 4) is 33.8 Å². The molecule has 64 heavy (non-hydrogen) atoms. The lowest BCUT2D eigenvalue weighted by atomic mass is 9.90. The van der Waals surface area contributed by atoms with Gasteiger partial charge in [0.15, 0.2) is 0 Å². The number of carbonyl (C=O) groups is 4. The van der Waals surface area contributed by atoms with Gasteiger partial charge in [-0.15, -0.1) is 0 Å². The maximum absolute atomic E-state index is 14.0. The summed E-state index contributed by atoms with van der Waals surface area (Å²) in [6.45, 7) is 3.35. The van der Waals surface area contributed by atoms with Crippen LogP contribution in [0.3, 0.4) is 0 Å². The number of carbonyl (C=O) groups excluding carboxylic acids is 4. The first-order valence-corrected chi connectivity index (χ1v) is 22.2. The fourth-order valence-corrected chi connectivity index (χ4v) is 9.67. The lowest BCUT2D eigenvalue weighted by Gasteiger charge is -2.34. The molecule has 18 heteroatoms. The van der Waals surface area contributed by atoms with Gasteiger partial charge in [-0.1, -0.05) is 12.1 Å². The molecule has 9 rings (SSSR count). The number of rotatable bonds is 11. The number of amides is 4. The van der Waals surface area contributed by atoms with Crippen LogP contribution in [0.1, 0.15) is 75.1 Å². The van der Waals surface area contributed by atoms with Crippen LogP contribution >= 0.6 is 0 Å². The van der Waals surface area contributed by atoms with E-state index in [1.807, 2.05) is 46.3 Å². The first-order valence-electron chi connectivity index (χ1n) is 22.2. The summed E-state index contributed by atoms with van der Waals surface area (Å²) >= 11 is 0. The van der Waals surface area contributed by atoms with Crippen molar-refractivity contribution >= 4 is 34.9 Å². The van der Waals surface area contributed by atoms with Gasteiger partial charge in [0.25, 0.3) is 0 Å². The SMILES string of the molecule is COC(=O)N[C@H](C(=O)N1CCCC1c1nc(-c2cnc3cc(-c4ccc(-c5cnc([C@@H]6CCCN6C(=O)[C@@H](NC(=O)OC)C6CCOCC6)[nH]5)cn4)ccc3c2)c[nH]1)C1CCOCC1. The zero-order chi connectivity index (χ0) is 44.2. The summed E-state index contributed by atoms with van der Waals surface area (Å²) in [6, 6.07) is 10.2. The number of aromatic amines is 2. The van der Waals surface area contributed by atoms with E-state index in [0.717, 1.165) is 70.4 Å². The Morgan fingerprint density at radius 3 is 1.86 bits per heavy atom. The minimum Gasteiger partial charge on any atom is -0.453 e. The molecule has 4 fully saturated rings. The van der Waals surface area contributed by atoms with Gasteiger partial charge in [0, 0.05) is 80.2 Å². The summed E-state index contributed by atoms with van der Waals surface area (Å²) in [7, 11) is 2.60. The summed E-state index contributed by atoms with van der Waals surface area (Å²) in [5.74, 6) is 1.05. The van der Waals surface area contributed by atoms with Gasteiger partial charge in [-0.3, -0.25) is 19.6 Å². The monoisotopic (exact) mass is 874 g/mol. The number of likely N-dealkylation sites (tertiary alicyclic amines) is 2. The number of ether oxygens (including phenoxy) is 4. The Hall–Kier alpha value is -6.40. The quantitative estimate of drug-likeness (QED) is 0.126. The van der Waals surface area contributed by atoms with Crippen molar-refractivity contribution < 1.29 is 38.1 Å². The van der Waals surface area contributed by atoms with Gasteiger partial charge in [-0.2, -0.15) is 0 Å². The molecule has 0 spiro atoms. The lowest BCUT2D eigenvalue weighted by molar-refractivity contribution is -0.137. The molecule has 5 aromatic rings. The third kappa shape index (κ3) is 9.01. The molecule has 4 aliphatic rings. The van der Waals surface area contributed by atoms with E-state index >= 15 is 0 Å². The van der Waals surface area contributed by atoms with Crippen LogP contribution in [0.5, 0.6) is 0 Å². The molecule has 0 saturated carbocycles. The fraction of sp³-hybridized carbons (Fsp3) is 0.478. The third-order valence-corrected chi connectivity index (χ3v) is 13.2. The van der Waals surface area contributed by atoms with E-state index in [9.17, 15) is 19.2 Å². The van der Waals surface area contributed by atoms with Gasteiger partial charge in [0.1, 0.15) is 23.7 Å².